The number of hydrogen-bond acceptors (Lipinski definition) is 3. The van der Waals surface area contributed by atoms with Crippen LogP contribution in [0.4, 0.5) is 0 Å². The molecule has 1 heterocycles. The highest BCUT2D eigenvalue weighted by molar-refractivity contribution is 5.77. The zero-order valence-electron chi connectivity index (χ0n) is 10.6. The van der Waals surface area contributed by atoms with Crippen LogP contribution < -0.4 is 5.32 Å². The third-order valence-electron chi connectivity index (χ3n) is 2.73. The smallest absolute Gasteiger partial charge is 0.134 e. The van der Waals surface area contributed by atoms with Gasteiger partial charge < -0.3 is 14.5 Å². The summed E-state index contributed by atoms with van der Waals surface area (Å²) in [5.41, 5.74) is 0.923. The van der Waals surface area contributed by atoms with Gasteiger partial charge in [-0.25, -0.2) is 0 Å². The average Bonchev–Trinajstić information content (AvgIpc) is 2.72. The summed E-state index contributed by atoms with van der Waals surface area (Å²) in [5, 5.41) is 4.35. The van der Waals surface area contributed by atoms with Gasteiger partial charge in [0.15, 0.2) is 0 Å². The number of nitrogens with one attached hydrogen (secondary N) is 1. The quantitative estimate of drug-likeness (QED) is 0.861. The van der Waals surface area contributed by atoms with Gasteiger partial charge in [-0.1, -0.05) is 18.2 Å². The summed E-state index contributed by atoms with van der Waals surface area (Å²) in [7, 11) is 1.92. The molecule has 0 aliphatic heterocycles. The lowest BCUT2D eigenvalue weighted by Crippen LogP contribution is -2.23. The molecule has 0 amide bonds. The minimum absolute atomic E-state index is 0.102. The maximum Gasteiger partial charge on any atom is 0.134 e. The topological polar surface area (TPSA) is 34.4 Å². The van der Waals surface area contributed by atoms with Crippen molar-refractivity contribution in [1.82, 2.24) is 5.32 Å². The van der Waals surface area contributed by atoms with Crippen LogP contribution in [0.3, 0.4) is 0 Å². The fourth-order valence-corrected chi connectivity index (χ4v) is 1.77. The lowest BCUT2D eigenvalue weighted by molar-refractivity contribution is 0.0588. The SMILES string of the molecule is CNC(COC(C)C)c1cc2ccccc2o1. The van der Waals surface area contributed by atoms with Crippen LogP contribution in [-0.2, 0) is 4.74 Å². The molecule has 2 rings (SSSR count). The van der Waals surface area contributed by atoms with Gasteiger partial charge in [0.25, 0.3) is 0 Å². The Morgan fingerprint density at radius 3 is 2.71 bits per heavy atom. The zero-order valence-corrected chi connectivity index (χ0v) is 10.6. The molecule has 1 N–H and O–H groups in total. The van der Waals surface area contributed by atoms with E-state index in [0.717, 1.165) is 16.7 Å². The first-order valence-corrected chi connectivity index (χ1v) is 5.98. The number of likely N-dealkylation sites (N-methyl/N-ethyl adjacent to an activating group) is 1. The zero-order chi connectivity index (χ0) is 12.3. The molecule has 1 aromatic heterocycles. The summed E-state index contributed by atoms with van der Waals surface area (Å²) in [4.78, 5) is 0. The van der Waals surface area contributed by atoms with Crippen molar-refractivity contribution in [2.24, 2.45) is 0 Å². The van der Waals surface area contributed by atoms with Crippen molar-refractivity contribution in [3.8, 4) is 0 Å². The van der Waals surface area contributed by atoms with Crippen LogP contribution in [-0.4, -0.2) is 19.8 Å². The first kappa shape index (κ1) is 12.1. The number of fused-ring (bicyclic) bond motifs is 1. The van der Waals surface area contributed by atoms with Crippen LogP contribution in [0.1, 0.15) is 25.6 Å². The fraction of sp³-hybridized carbons (Fsp3) is 0.429. The fourth-order valence-electron chi connectivity index (χ4n) is 1.77. The molecule has 0 aliphatic rings. The number of para-hydroxylation sites is 1. The van der Waals surface area contributed by atoms with Crippen LogP contribution in [0.5, 0.6) is 0 Å². The second-order valence-corrected chi connectivity index (χ2v) is 4.41. The maximum absolute atomic E-state index is 5.81. The van der Waals surface area contributed by atoms with Gasteiger partial charge in [-0.15, -0.1) is 0 Å². The average molecular weight is 233 g/mol. The predicted molar refractivity (Wildman–Crippen MR) is 69.1 cm³/mol. The maximum atomic E-state index is 5.81. The highest BCUT2D eigenvalue weighted by Crippen LogP contribution is 2.23. The molecule has 0 aliphatic carbocycles. The molecule has 17 heavy (non-hydrogen) atoms. The lowest BCUT2D eigenvalue weighted by Gasteiger charge is -2.15. The summed E-state index contributed by atoms with van der Waals surface area (Å²) in [6, 6.07) is 10.2. The van der Waals surface area contributed by atoms with E-state index < -0.39 is 0 Å². The first-order chi connectivity index (χ1) is 8.20. The van der Waals surface area contributed by atoms with Crippen LogP contribution in [0, 0.1) is 0 Å². The molecule has 3 nitrogen and oxygen atoms in total. The van der Waals surface area contributed by atoms with Gasteiger partial charge in [-0.2, -0.15) is 0 Å². The Balaban J connectivity index is 2.18. The molecule has 2 aromatic rings. The molecule has 3 heteroatoms. The standard InChI is InChI=1S/C14H19NO2/c1-10(2)16-9-12(15-3)14-8-11-6-4-5-7-13(11)17-14/h4-8,10,12,15H,9H2,1-3H3. The minimum atomic E-state index is 0.102. The summed E-state index contributed by atoms with van der Waals surface area (Å²) in [6.07, 6.45) is 0.232. The molecule has 0 spiro atoms. The Kier molecular flexibility index (Phi) is 3.82. The Bertz CT molecular complexity index is 443. The molecule has 0 bridgehead atoms. The lowest BCUT2D eigenvalue weighted by atomic mass is 10.2. The van der Waals surface area contributed by atoms with Crippen molar-refractivity contribution in [2.45, 2.75) is 26.0 Å². The van der Waals surface area contributed by atoms with Gasteiger partial charge >= 0.3 is 0 Å². The molecule has 0 saturated carbocycles. The predicted octanol–water partition coefficient (Wildman–Crippen LogP) is 3.12. The monoisotopic (exact) mass is 233 g/mol. The van der Waals surface area contributed by atoms with E-state index >= 15 is 0 Å². The Hall–Kier alpha value is -1.32. The van der Waals surface area contributed by atoms with Gasteiger partial charge in [-0.05, 0) is 33.0 Å². The van der Waals surface area contributed by atoms with Crippen molar-refractivity contribution in [2.75, 3.05) is 13.7 Å². The highest BCUT2D eigenvalue weighted by atomic mass is 16.5. The van der Waals surface area contributed by atoms with Crippen molar-refractivity contribution in [3.63, 3.8) is 0 Å². The van der Waals surface area contributed by atoms with E-state index in [-0.39, 0.29) is 12.1 Å². The van der Waals surface area contributed by atoms with E-state index in [1.807, 2.05) is 39.1 Å². The molecule has 92 valence electrons. The first-order valence-electron chi connectivity index (χ1n) is 5.98. The number of hydrogen-bond donors (Lipinski definition) is 1. The van der Waals surface area contributed by atoms with E-state index in [0.29, 0.717) is 6.61 Å². The Morgan fingerprint density at radius 2 is 2.06 bits per heavy atom. The summed E-state index contributed by atoms with van der Waals surface area (Å²) in [6.45, 7) is 4.69. The van der Waals surface area contributed by atoms with Crippen molar-refractivity contribution in [3.05, 3.63) is 36.1 Å². The largest absolute Gasteiger partial charge is 0.459 e. The molecule has 1 atom stereocenters. The third-order valence-corrected chi connectivity index (χ3v) is 2.73. The molecular weight excluding hydrogens is 214 g/mol. The van der Waals surface area contributed by atoms with E-state index in [1.54, 1.807) is 0 Å². The van der Waals surface area contributed by atoms with Crippen molar-refractivity contribution >= 4 is 11.0 Å². The second-order valence-electron chi connectivity index (χ2n) is 4.41. The molecule has 0 saturated heterocycles. The number of ether oxygens (including phenoxy) is 1. The molecule has 0 fully saturated rings. The van der Waals surface area contributed by atoms with E-state index in [1.165, 1.54) is 0 Å². The van der Waals surface area contributed by atoms with E-state index in [9.17, 15) is 0 Å². The number of furan rings is 1. The molecule has 1 aromatic carbocycles. The molecule has 0 radical (unpaired) electrons. The normalized spacial score (nSPS) is 13.4. The van der Waals surface area contributed by atoms with Crippen LogP contribution in [0.25, 0.3) is 11.0 Å². The third kappa shape index (κ3) is 2.87. The second kappa shape index (κ2) is 5.34. The number of benzene rings is 1. The van der Waals surface area contributed by atoms with Crippen LogP contribution in [0.2, 0.25) is 0 Å². The van der Waals surface area contributed by atoms with Crippen molar-refractivity contribution in [1.29, 1.82) is 0 Å². The van der Waals surface area contributed by atoms with Gasteiger partial charge in [0, 0.05) is 5.39 Å². The summed E-state index contributed by atoms with van der Waals surface area (Å²) >= 11 is 0. The summed E-state index contributed by atoms with van der Waals surface area (Å²) in [5.74, 6) is 0.925. The van der Waals surface area contributed by atoms with Gasteiger partial charge in [0.2, 0.25) is 0 Å². The van der Waals surface area contributed by atoms with Crippen LogP contribution in [0.15, 0.2) is 34.7 Å². The van der Waals surface area contributed by atoms with E-state index in [2.05, 4.69) is 17.4 Å². The molecule has 1 unspecified atom stereocenters. The highest BCUT2D eigenvalue weighted by Gasteiger charge is 2.15. The van der Waals surface area contributed by atoms with Crippen LogP contribution >= 0.6 is 0 Å². The van der Waals surface area contributed by atoms with Gasteiger partial charge in [0.1, 0.15) is 11.3 Å². The minimum Gasteiger partial charge on any atom is -0.459 e. The Morgan fingerprint density at radius 1 is 1.29 bits per heavy atom. The van der Waals surface area contributed by atoms with Gasteiger partial charge in [-0.3, -0.25) is 0 Å². The van der Waals surface area contributed by atoms with E-state index in [4.69, 9.17) is 9.15 Å². The molecular formula is C14H19NO2. The van der Waals surface area contributed by atoms with Crippen molar-refractivity contribution < 1.29 is 9.15 Å². The van der Waals surface area contributed by atoms with Gasteiger partial charge in [0.05, 0.1) is 18.8 Å². The summed E-state index contributed by atoms with van der Waals surface area (Å²) < 4.78 is 11.4. The number of rotatable bonds is 5. The Labute approximate surface area is 102 Å².